The minimum absolute atomic E-state index is 0.159. The summed E-state index contributed by atoms with van der Waals surface area (Å²) < 4.78 is 31.6. The van der Waals surface area contributed by atoms with Gasteiger partial charge in [0.25, 0.3) is 5.92 Å². The summed E-state index contributed by atoms with van der Waals surface area (Å²) in [6.07, 6.45) is -0.253. The van der Waals surface area contributed by atoms with Crippen LogP contribution in [0.2, 0.25) is 0 Å². The van der Waals surface area contributed by atoms with Crippen LogP contribution < -0.4 is 5.32 Å². The van der Waals surface area contributed by atoms with Crippen LogP contribution in [-0.4, -0.2) is 23.4 Å². The molecule has 0 radical (unpaired) electrons. The number of aromatic nitrogens is 2. The Hall–Kier alpha value is -1.66. The van der Waals surface area contributed by atoms with Crippen molar-refractivity contribution in [3.05, 3.63) is 11.3 Å². The van der Waals surface area contributed by atoms with Gasteiger partial charge in [0.05, 0.1) is 7.11 Å². The number of hydrogen-bond donors (Lipinski definition) is 2. The van der Waals surface area contributed by atoms with Crippen LogP contribution in [0.4, 0.5) is 19.4 Å². The van der Waals surface area contributed by atoms with Gasteiger partial charge in [-0.25, -0.2) is 4.79 Å². The number of carbonyl (C=O) groups is 1. The van der Waals surface area contributed by atoms with Crippen LogP contribution in [0.5, 0.6) is 0 Å². The SMILES string of the molecule is COC(=O)Nc1n[nH]c2c1[C@H]1CC1C2(F)F. The third-order valence-corrected chi connectivity index (χ3v) is 3.17. The largest absolute Gasteiger partial charge is 0.453 e. The molecule has 1 amide bonds. The van der Waals surface area contributed by atoms with Crippen molar-refractivity contribution in [2.75, 3.05) is 12.4 Å². The molecule has 2 N–H and O–H groups in total. The zero-order chi connectivity index (χ0) is 11.5. The smallest absolute Gasteiger partial charge is 0.412 e. The Kier molecular flexibility index (Phi) is 1.62. The van der Waals surface area contributed by atoms with Gasteiger partial charge in [0.2, 0.25) is 0 Å². The molecule has 3 rings (SSSR count). The van der Waals surface area contributed by atoms with E-state index in [4.69, 9.17) is 0 Å². The Balaban J connectivity index is 1.97. The maximum atomic E-state index is 13.6. The van der Waals surface area contributed by atoms with E-state index in [2.05, 4.69) is 20.3 Å². The van der Waals surface area contributed by atoms with Gasteiger partial charge >= 0.3 is 6.09 Å². The molecule has 1 heterocycles. The number of nitrogens with zero attached hydrogens (tertiary/aromatic N) is 1. The van der Waals surface area contributed by atoms with Crippen LogP contribution in [0.3, 0.4) is 0 Å². The fraction of sp³-hybridized carbons (Fsp3) is 0.556. The van der Waals surface area contributed by atoms with E-state index in [1.54, 1.807) is 0 Å². The topological polar surface area (TPSA) is 67.0 Å². The summed E-state index contributed by atoms with van der Waals surface area (Å²) in [5, 5.41) is 8.31. The van der Waals surface area contributed by atoms with Crippen molar-refractivity contribution < 1.29 is 18.3 Å². The average Bonchev–Trinajstić information content (AvgIpc) is 2.88. The molecule has 86 valence electrons. The number of carbonyl (C=O) groups excluding carboxylic acids is 1. The molecular weight excluding hydrogens is 220 g/mol. The van der Waals surface area contributed by atoms with Gasteiger partial charge in [0.1, 0.15) is 5.69 Å². The van der Waals surface area contributed by atoms with Crippen LogP contribution in [0, 0.1) is 5.92 Å². The zero-order valence-electron chi connectivity index (χ0n) is 8.38. The molecule has 1 saturated carbocycles. The molecule has 7 heteroatoms. The summed E-state index contributed by atoms with van der Waals surface area (Å²) in [7, 11) is 1.21. The van der Waals surface area contributed by atoms with E-state index in [9.17, 15) is 13.6 Å². The normalized spacial score (nSPS) is 28.2. The molecule has 1 aromatic heterocycles. The van der Waals surface area contributed by atoms with Crippen LogP contribution in [0.1, 0.15) is 23.6 Å². The number of fused-ring (bicyclic) bond motifs is 3. The summed E-state index contributed by atoms with van der Waals surface area (Å²) >= 11 is 0. The fourth-order valence-corrected chi connectivity index (χ4v) is 2.31. The Morgan fingerprint density at radius 1 is 1.69 bits per heavy atom. The lowest BCUT2D eigenvalue weighted by Crippen LogP contribution is -2.14. The van der Waals surface area contributed by atoms with E-state index in [0.29, 0.717) is 12.0 Å². The minimum atomic E-state index is -2.84. The number of nitrogens with one attached hydrogen (secondary N) is 2. The number of ether oxygens (including phenoxy) is 1. The summed E-state index contributed by atoms with van der Waals surface area (Å²) in [5.41, 5.74) is 0.264. The van der Waals surface area contributed by atoms with Gasteiger partial charge in [-0.3, -0.25) is 10.4 Å². The predicted molar refractivity (Wildman–Crippen MR) is 49.4 cm³/mol. The molecule has 1 fully saturated rings. The average molecular weight is 229 g/mol. The highest BCUT2D eigenvalue weighted by molar-refractivity contribution is 5.85. The van der Waals surface area contributed by atoms with Crippen molar-refractivity contribution >= 4 is 11.9 Å². The third kappa shape index (κ3) is 1.03. The van der Waals surface area contributed by atoms with Crippen LogP contribution in [0.15, 0.2) is 0 Å². The summed E-state index contributed by atoms with van der Waals surface area (Å²) in [6.45, 7) is 0. The first-order valence-corrected chi connectivity index (χ1v) is 4.87. The highest BCUT2D eigenvalue weighted by atomic mass is 19.3. The molecule has 2 aliphatic rings. The highest BCUT2D eigenvalue weighted by Gasteiger charge is 2.66. The molecule has 0 bridgehead atoms. The Bertz CT molecular complexity index is 471. The number of H-pyrrole nitrogens is 1. The van der Waals surface area contributed by atoms with E-state index in [0.717, 1.165) is 0 Å². The maximum absolute atomic E-state index is 13.6. The third-order valence-electron chi connectivity index (χ3n) is 3.17. The molecule has 1 aromatic rings. The quantitative estimate of drug-likeness (QED) is 0.771. The number of halogens is 2. The molecule has 16 heavy (non-hydrogen) atoms. The fourth-order valence-electron chi connectivity index (χ4n) is 2.31. The Morgan fingerprint density at radius 3 is 3.12 bits per heavy atom. The number of amides is 1. The van der Waals surface area contributed by atoms with Gasteiger partial charge in [0, 0.05) is 11.5 Å². The van der Waals surface area contributed by atoms with Crippen molar-refractivity contribution in [2.45, 2.75) is 18.3 Å². The monoisotopic (exact) mass is 229 g/mol. The molecule has 0 saturated heterocycles. The van der Waals surface area contributed by atoms with E-state index in [-0.39, 0.29) is 17.4 Å². The number of hydrogen-bond acceptors (Lipinski definition) is 3. The van der Waals surface area contributed by atoms with Crippen LogP contribution in [-0.2, 0) is 10.7 Å². The lowest BCUT2D eigenvalue weighted by Gasteiger charge is -2.09. The number of methoxy groups -OCH3 is 1. The Morgan fingerprint density at radius 2 is 2.44 bits per heavy atom. The van der Waals surface area contributed by atoms with Gasteiger partial charge in [-0.05, 0) is 12.3 Å². The van der Waals surface area contributed by atoms with Crippen molar-refractivity contribution in [3.63, 3.8) is 0 Å². The molecule has 2 aliphatic carbocycles. The molecule has 2 atom stereocenters. The predicted octanol–water partition coefficient (Wildman–Crippen LogP) is 1.80. The first-order valence-electron chi connectivity index (χ1n) is 4.87. The molecule has 0 aliphatic heterocycles. The van der Waals surface area contributed by atoms with E-state index in [1.165, 1.54) is 7.11 Å². The van der Waals surface area contributed by atoms with Crippen molar-refractivity contribution in [1.82, 2.24) is 10.2 Å². The van der Waals surface area contributed by atoms with Gasteiger partial charge in [-0.1, -0.05) is 0 Å². The first kappa shape index (κ1) is 9.56. The van der Waals surface area contributed by atoms with Gasteiger partial charge < -0.3 is 4.74 Å². The minimum Gasteiger partial charge on any atom is -0.453 e. The van der Waals surface area contributed by atoms with Crippen LogP contribution >= 0.6 is 0 Å². The Labute approximate surface area is 89.2 Å². The summed E-state index contributed by atoms with van der Waals surface area (Å²) in [6, 6.07) is 0. The molecule has 5 nitrogen and oxygen atoms in total. The highest BCUT2D eigenvalue weighted by Crippen LogP contribution is 2.67. The van der Waals surface area contributed by atoms with Crippen molar-refractivity contribution in [2.24, 2.45) is 5.92 Å². The standard InChI is InChI=1S/C9H9F2N3O2/c1-16-8(15)12-7-5-3-2-4(3)9(10,11)6(5)13-14-7/h3-4H,2H2,1H3,(H2,12,13,14,15)/t3-,4?/m0/s1. The second-order valence-corrected chi connectivity index (χ2v) is 4.05. The lowest BCUT2D eigenvalue weighted by molar-refractivity contribution is -0.0268. The first-order chi connectivity index (χ1) is 7.55. The molecular formula is C9H9F2N3O2. The molecule has 0 aromatic carbocycles. The van der Waals surface area contributed by atoms with E-state index < -0.39 is 17.9 Å². The van der Waals surface area contributed by atoms with Crippen molar-refractivity contribution in [3.8, 4) is 0 Å². The second-order valence-electron chi connectivity index (χ2n) is 4.05. The number of anilines is 1. The number of aromatic amines is 1. The van der Waals surface area contributed by atoms with Crippen molar-refractivity contribution in [1.29, 1.82) is 0 Å². The van der Waals surface area contributed by atoms with Crippen LogP contribution in [0.25, 0.3) is 0 Å². The lowest BCUT2D eigenvalue weighted by atomic mass is 10.1. The van der Waals surface area contributed by atoms with E-state index in [1.807, 2.05) is 0 Å². The van der Waals surface area contributed by atoms with Gasteiger partial charge in [0.15, 0.2) is 5.82 Å². The maximum Gasteiger partial charge on any atom is 0.412 e. The summed E-state index contributed by atoms with van der Waals surface area (Å²) in [5.74, 6) is -3.50. The molecule has 1 unspecified atom stereocenters. The zero-order valence-corrected chi connectivity index (χ0v) is 8.38. The van der Waals surface area contributed by atoms with Gasteiger partial charge in [-0.2, -0.15) is 13.9 Å². The summed E-state index contributed by atoms with van der Waals surface area (Å²) in [4.78, 5) is 11.0. The van der Waals surface area contributed by atoms with Gasteiger partial charge in [-0.15, -0.1) is 0 Å². The number of rotatable bonds is 1. The number of alkyl halides is 2. The van der Waals surface area contributed by atoms with E-state index >= 15 is 0 Å². The second kappa shape index (κ2) is 2.72. The molecule has 0 spiro atoms.